The van der Waals surface area contributed by atoms with E-state index in [4.69, 9.17) is 15.0 Å². The minimum Gasteiger partial charge on any atom is -0.338 e. The maximum atomic E-state index is 5.02. The van der Waals surface area contributed by atoms with Crippen molar-refractivity contribution in [1.29, 1.82) is 0 Å². The Morgan fingerprint density at radius 1 is 0.778 bits per heavy atom. The molecule has 1 saturated heterocycles. The van der Waals surface area contributed by atoms with E-state index in [1.54, 1.807) is 0 Å². The molecule has 7 heteroatoms. The van der Waals surface area contributed by atoms with Gasteiger partial charge in [-0.25, -0.2) is 0 Å². The van der Waals surface area contributed by atoms with Gasteiger partial charge in [0.25, 0.3) is 0 Å². The van der Waals surface area contributed by atoms with Crippen LogP contribution in [0.5, 0.6) is 0 Å². The van der Waals surface area contributed by atoms with Gasteiger partial charge in [-0.2, -0.15) is 15.0 Å². The van der Waals surface area contributed by atoms with Gasteiger partial charge in [0.2, 0.25) is 17.8 Å². The van der Waals surface area contributed by atoms with E-state index in [9.17, 15) is 0 Å². The molecular weight excluding hydrogens is 446 g/mol. The summed E-state index contributed by atoms with van der Waals surface area (Å²) in [5.41, 5.74) is 7.70. The molecule has 0 bridgehead atoms. The predicted molar refractivity (Wildman–Crippen MR) is 148 cm³/mol. The van der Waals surface area contributed by atoms with E-state index in [-0.39, 0.29) is 0 Å². The van der Waals surface area contributed by atoms with Crippen molar-refractivity contribution in [2.45, 2.75) is 27.7 Å². The highest BCUT2D eigenvalue weighted by atomic mass is 15.4. The number of benzene rings is 3. The van der Waals surface area contributed by atoms with Gasteiger partial charge in [0.1, 0.15) is 0 Å². The normalized spacial score (nSPS) is 13.5. The highest BCUT2D eigenvalue weighted by molar-refractivity contribution is 5.76. The fourth-order valence-corrected chi connectivity index (χ4v) is 4.41. The van der Waals surface area contributed by atoms with Crippen LogP contribution in [0.15, 0.2) is 66.7 Å². The van der Waals surface area contributed by atoms with Crippen molar-refractivity contribution in [2.75, 3.05) is 41.3 Å². The van der Waals surface area contributed by atoms with Gasteiger partial charge in [0, 0.05) is 37.6 Å². The monoisotopic (exact) mass is 479 g/mol. The van der Waals surface area contributed by atoms with E-state index in [1.807, 2.05) is 18.2 Å². The lowest BCUT2D eigenvalue weighted by Crippen LogP contribution is -2.44. The van der Waals surface area contributed by atoms with Crippen LogP contribution in [-0.2, 0) is 0 Å². The number of para-hydroxylation sites is 1. The molecule has 4 aromatic rings. The van der Waals surface area contributed by atoms with Crippen LogP contribution in [0, 0.1) is 27.7 Å². The number of anilines is 6. The van der Waals surface area contributed by atoms with Crippen LogP contribution < -0.4 is 20.4 Å². The third-order valence-electron chi connectivity index (χ3n) is 6.47. The molecule has 1 aliphatic rings. The number of nitrogens with one attached hydrogen (secondary N) is 2. The molecule has 1 aliphatic heterocycles. The summed E-state index contributed by atoms with van der Waals surface area (Å²) in [6.45, 7) is 11.9. The topological polar surface area (TPSA) is 69.2 Å². The summed E-state index contributed by atoms with van der Waals surface area (Å²) < 4.78 is 0. The first-order valence-corrected chi connectivity index (χ1v) is 12.5. The number of aryl methyl sites for hydroxylation is 4. The molecular formula is C29H33N7. The van der Waals surface area contributed by atoms with Crippen molar-refractivity contribution in [1.82, 2.24) is 20.3 Å². The molecule has 184 valence electrons. The van der Waals surface area contributed by atoms with Crippen molar-refractivity contribution in [2.24, 2.45) is 0 Å². The third-order valence-corrected chi connectivity index (χ3v) is 6.47. The Bertz CT molecular complexity index is 1350. The summed E-state index contributed by atoms with van der Waals surface area (Å²) in [7, 11) is 0. The number of nitrogens with zero attached hydrogens (tertiary/aromatic N) is 5. The van der Waals surface area contributed by atoms with E-state index in [0.717, 1.165) is 54.4 Å². The van der Waals surface area contributed by atoms with Crippen LogP contribution in [0.4, 0.5) is 34.9 Å². The molecule has 0 saturated carbocycles. The highest BCUT2D eigenvalue weighted by Crippen LogP contribution is 2.36. The largest absolute Gasteiger partial charge is 0.338 e. The van der Waals surface area contributed by atoms with Crippen molar-refractivity contribution >= 4 is 34.9 Å². The predicted octanol–water partition coefficient (Wildman–Crippen LogP) is 5.73. The minimum atomic E-state index is 0.536. The molecule has 2 heterocycles. The average molecular weight is 480 g/mol. The summed E-state index contributed by atoms with van der Waals surface area (Å²) in [5, 5.41) is 6.90. The summed E-state index contributed by atoms with van der Waals surface area (Å²) in [6, 6.07) is 23.1. The molecule has 0 radical (unpaired) electrons. The standard InChI is InChI=1S/C29H33N7/c1-20-10-12-22(3)25(18-20)31-27-32-28(35-16-14-30-15-17-35)34-29(33-27)36(24-8-6-5-7-9-24)26-19-21(2)11-13-23(26)4/h5-13,18-19,30H,14-17H2,1-4H3,(H,31,32,33,34). The Morgan fingerprint density at radius 3 is 2.22 bits per heavy atom. The van der Waals surface area contributed by atoms with Crippen LogP contribution in [0.25, 0.3) is 0 Å². The SMILES string of the molecule is Cc1ccc(C)c(Nc2nc(N3CCNCC3)nc(N(c3ccccc3)c3cc(C)ccc3C)n2)c1. The summed E-state index contributed by atoms with van der Waals surface area (Å²) in [5.74, 6) is 1.81. The second-order valence-electron chi connectivity index (χ2n) is 9.40. The Labute approximate surface area is 213 Å². The average Bonchev–Trinajstić information content (AvgIpc) is 2.89. The molecule has 0 aliphatic carbocycles. The van der Waals surface area contributed by atoms with Crippen LogP contribution >= 0.6 is 0 Å². The van der Waals surface area contributed by atoms with Gasteiger partial charge in [-0.15, -0.1) is 0 Å². The molecule has 1 fully saturated rings. The maximum Gasteiger partial charge on any atom is 0.241 e. The molecule has 1 aromatic heterocycles. The molecule has 0 unspecified atom stereocenters. The lowest BCUT2D eigenvalue weighted by molar-refractivity contribution is 0.579. The highest BCUT2D eigenvalue weighted by Gasteiger charge is 2.22. The Balaban J connectivity index is 1.67. The van der Waals surface area contributed by atoms with Crippen LogP contribution in [0.1, 0.15) is 22.3 Å². The molecule has 7 nitrogen and oxygen atoms in total. The summed E-state index contributed by atoms with van der Waals surface area (Å²) in [4.78, 5) is 19.2. The number of rotatable bonds is 6. The minimum absolute atomic E-state index is 0.536. The lowest BCUT2D eigenvalue weighted by atomic mass is 10.1. The smallest absolute Gasteiger partial charge is 0.241 e. The van der Waals surface area contributed by atoms with Gasteiger partial charge in [-0.1, -0.05) is 42.5 Å². The van der Waals surface area contributed by atoms with E-state index in [1.165, 1.54) is 11.1 Å². The number of hydrogen-bond donors (Lipinski definition) is 2. The first kappa shape index (κ1) is 23.8. The molecule has 3 aromatic carbocycles. The third kappa shape index (κ3) is 5.16. The fraction of sp³-hybridized carbons (Fsp3) is 0.276. The molecule has 0 amide bonds. The lowest BCUT2D eigenvalue weighted by Gasteiger charge is -2.30. The van der Waals surface area contributed by atoms with Crippen LogP contribution in [0.2, 0.25) is 0 Å². The molecule has 0 atom stereocenters. The quantitative estimate of drug-likeness (QED) is 0.366. The zero-order valence-electron chi connectivity index (χ0n) is 21.4. The first-order chi connectivity index (χ1) is 17.5. The van der Waals surface area contributed by atoms with Crippen LogP contribution in [-0.4, -0.2) is 41.1 Å². The zero-order valence-corrected chi connectivity index (χ0v) is 21.4. The van der Waals surface area contributed by atoms with Gasteiger partial charge in [-0.3, -0.25) is 4.90 Å². The Hall–Kier alpha value is -3.97. The van der Waals surface area contributed by atoms with Gasteiger partial charge >= 0.3 is 0 Å². The maximum absolute atomic E-state index is 5.02. The molecule has 36 heavy (non-hydrogen) atoms. The number of aromatic nitrogens is 3. The number of hydrogen-bond acceptors (Lipinski definition) is 7. The van der Waals surface area contributed by atoms with E-state index in [2.05, 4.69) is 96.7 Å². The second kappa shape index (κ2) is 10.3. The van der Waals surface area contributed by atoms with E-state index >= 15 is 0 Å². The van der Waals surface area contributed by atoms with Crippen molar-refractivity contribution in [3.63, 3.8) is 0 Å². The molecule has 5 rings (SSSR count). The van der Waals surface area contributed by atoms with Gasteiger partial charge in [0.05, 0.1) is 5.69 Å². The van der Waals surface area contributed by atoms with Gasteiger partial charge in [0.15, 0.2) is 0 Å². The summed E-state index contributed by atoms with van der Waals surface area (Å²) in [6.07, 6.45) is 0. The summed E-state index contributed by atoms with van der Waals surface area (Å²) >= 11 is 0. The molecule has 0 spiro atoms. The Kier molecular flexibility index (Phi) is 6.82. The van der Waals surface area contributed by atoms with E-state index in [0.29, 0.717) is 17.8 Å². The van der Waals surface area contributed by atoms with Gasteiger partial charge < -0.3 is 15.5 Å². The second-order valence-corrected chi connectivity index (χ2v) is 9.40. The van der Waals surface area contributed by atoms with Crippen molar-refractivity contribution < 1.29 is 0 Å². The van der Waals surface area contributed by atoms with Crippen molar-refractivity contribution in [3.05, 3.63) is 89.0 Å². The van der Waals surface area contributed by atoms with Gasteiger partial charge in [-0.05, 0) is 74.2 Å². The first-order valence-electron chi connectivity index (χ1n) is 12.5. The zero-order chi connectivity index (χ0) is 25.1. The Morgan fingerprint density at radius 2 is 1.47 bits per heavy atom. The fourth-order valence-electron chi connectivity index (χ4n) is 4.41. The van der Waals surface area contributed by atoms with E-state index < -0.39 is 0 Å². The van der Waals surface area contributed by atoms with Crippen molar-refractivity contribution in [3.8, 4) is 0 Å². The van der Waals surface area contributed by atoms with Crippen LogP contribution in [0.3, 0.4) is 0 Å². The molecule has 2 N–H and O–H groups in total. The number of piperazine rings is 1.